The number of imidazole rings is 1. The number of hydrogen-bond donors (Lipinski definition) is 7. The number of fused-ring (bicyclic) bond motifs is 5. The van der Waals surface area contributed by atoms with Gasteiger partial charge in [-0.25, -0.2) is 24.1 Å². The molecule has 0 radical (unpaired) electrons. The Balaban J connectivity index is 1.21. The van der Waals surface area contributed by atoms with Crippen LogP contribution in [0.25, 0.3) is 22.1 Å². The van der Waals surface area contributed by atoms with Crippen LogP contribution in [0.15, 0.2) is 29.8 Å². The van der Waals surface area contributed by atoms with Crippen LogP contribution in [0.3, 0.4) is 0 Å². The lowest BCUT2D eigenvalue weighted by molar-refractivity contribution is -0.0636. The number of nitrogens with one attached hydrogen (secondary N) is 1. The third kappa shape index (κ3) is 5.47. The average Bonchev–Trinajstić information content (AvgIpc) is 3.64. The number of H-pyrrole nitrogens is 1. The van der Waals surface area contributed by atoms with Crippen molar-refractivity contribution in [3.8, 4) is 0 Å². The Labute approximate surface area is 255 Å². The highest BCUT2D eigenvalue weighted by atomic mass is 31.2. The number of aliphatic hydroxyl groups excluding tert-OH is 2. The minimum Gasteiger partial charge on any atom is -0.387 e. The number of hydrogen-bond acceptors (Lipinski definition) is 18. The van der Waals surface area contributed by atoms with Gasteiger partial charge in [0, 0.05) is 18.0 Å². The van der Waals surface area contributed by atoms with Crippen LogP contribution in [0.4, 0.5) is 11.8 Å². The van der Waals surface area contributed by atoms with E-state index in [0.29, 0.717) is 5.39 Å². The summed E-state index contributed by atoms with van der Waals surface area (Å²) in [7, 11) is -10.2. The number of pyridine rings is 1. The molecule has 0 spiro atoms. The first kappa shape index (κ1) is 31.1. The number of aromatic amines is 1. The monoisotopic (exact) mass is 685 g/mol. The summed E-state index contributed by atoms with van der Waals surface area (Å²) < 4.78 is 60.1. The molecule has 4 aromatic rings. The second kappa shape index (κ2) is 11.3. The summed E-state index contributed by atoms with van der Waals surface area (Å²) in [5.41, 5.74) is 11.0. The molecule has 10 atom stereocenters. The van der Waals surface area contributed by atoms with Crippen molar-refractivity contribution in [3.63, 3.8) is 0 Å². The predicted octanol–water partition coefficient (Wildman–Crippen LogP) is -1.60. The van der Waals surface area contributed by atoms with Crippen molar-refractivity contribution in [1.82, 2.24) is 34.5 Å². The lowest BCUT2D eigenvalue weighted by Gasteiger charge is -2.26. The van der Waals surface area contributed by atoms with Crippen molar-refractivity contribution in [1.29, 1.82) is 0 Å². The predicted molar refractivity (Wildman–Crippen MR) is 149 cm³/mol. The van der Waals surface area contributed by atoms with Gasteiger partial charge in [-0.15, -0.1) is 0 Å². The maximum atomic E-state index is 13.2. The molecule has 3 fully saturated rings. The van der Waals surface area contributed by atoms with Crippen LogP contribution in [-0.2, 0) is 36.7 Å². The molecule has 0 aromatic carbocycles. The van der Waals surface area contributed by atoms with E-state index >= 15 is 0 Å². The van der Waals surface area contributed by atoms with E-state index in [1.54, 1.807) is 0 Å². The Bertz CT molecular complexity index is 1980. The standard InChI is InChI=1S/C22H25N9O13P2/c23-18-8-2-25-1-7(11(8)26-5-27-18)15-14(33)16-10(41-15)4-40-46(37,38)44-17-13(32)9(3-39-45(35,36)43-16)42-21(17)31-6-28-12-19(31)29-22(24)30-20(12)34/h1-2,5-6,9-10,13-17,21,32-33H,3-4H2,(H,35,36)(H,37,38)(H2,23,26,27)(H3,24,29,30,34). The second-order valence-corrected chi connectivity index (χ2v) is 13.3. The minimum absolute atomic E-state index is 0.0904. The van der Waals surface area contributed by atoms with E-state index in [9.17, 15) is 33.9 Å². The molecule has 22 nitrogen and oxygen atoms in total. The summed E-state index contributed by atoms with van der Waals surface area (Å²) in [5.74, 6) is -0.193. The highest BCUT2D eigenvalue weighted by molar-refractivity contribution is 7.47. The van der Waals surface area contributed by atoms with Gasteiger partial charge in [-0.05, 0) is 0 Å². The molecule has 246 valence electrons. The third-order valence-electron chi connectivity index (χ3n) is 7.60. The van der Waals surface area contributed by atoms with Gasteiger partial charge >= 0.3 is 15.6 Å². The zero-order valence-electron chi connectivity index (χ0n) is 23.0. The van der Waals surface area contributed by atoms with Gasteiger partial charge in [0.05, 0.1) is 30.4 Å². The van der Waals surface area contributed by atoms with Gasteiger partial charge in [0.2, 0.25) is 5.95 Å². The van der Waals surface area contributed by atoms with Crippen LogP contribution in [-0.4, -0.2) is 104 Å². The maximum absolute atomic E-state index is 13.2. The third-order valence-corrected chi connectivity index (χ3v) is 9.57. The van der Waals surface area contributed by atoms with E-state index < -0.39 is 83.4 Å². The molecule has 3 aliphatic rings. The molecule has 46 heavy (non-hydrogen) atoms. The first-order valence-electron chi connectivity index (χ1n) is 13.4. The number of nitrogen functional groups attached to an aromatic ring is 2. The molecule has 2 bridgehead atoms. The van der Waals surface area contributed by atoms with Crippen molar-refractivity contribution in [2.24, 2.45) is 0 Å². The van der Waals surface area contributed by atoms with E-state index in [4.69, 9.17) is 39.0 Å². The number of anilines is 2. The number of aliphatic hydroxyl groups is 2. The Kier molecular flexibility index (Phi) is 7.67. The largest absolute Gasteiger partial charge is 0.472 e. The van der Waals surface area contributed by atoms with Crippen molar-refractivity contribution in [3.05, 3.63) is 41.0 Å². The molecule has 0 amide bonds. The average molecular weight is 685 g/mol. The molecule has 7 heterocycles. The number of nitrogens with zero attached hydrogens (tertiary/aromatic N) is 6. The van der Waals surface area contributed by atoms with Crippen LogP contribution in [0.1, 0.15) is 17.9 Å². The minimum atomic E-state index is -5.12. The Morgan fingerprint density at radius 2 is 1.63 bits per heavy atom. The zero-order valence-corrected chi connectivity index (χ0v) is 24.8. The summed E-state index contributed by atoms with van der Waals surface area (Å²) in [6.45, 7) is -1.65. The highest BCUT2D eigenvalue weighted by Crippen LogP contribution is 2.54. The van der Waals surface area contributed by atoms with E-state index in [-0.39, 0.29) is 34.0 Å². The fourth-order valence-corrected chi connectivity index (χ4v) is 7.41. The number of phosphoric ester groups is 2. The van der Waals surface area contributed by atoms with Gasteiger partial charge in [0.15, 0.2) is 17.4 Å². The normalized spacial score (nSPS) is 37.0. The number of phosphoric acid groups is 2. The molecule has 3 aliphatic heterocycles. The zero-order chi connectivity index (χ0) is 32.5. The fraction of sp³-hybridized carbons (Fsp3) is 0.455. The molecule has 0 aliphatic carbocycles. The van der Waals surface area contributed by atoms with E-state index in [0.717, 1.165) is 10.9 Å². The Hall–Kier alpha value is -3.50. The van der Waals surface area contributed by atoms with Gasteiger partial charge < -0.3 is 40.9 Å². The first-order chi connectivity index (χ1) is 21.8. The lowest BCUT2D eigenvalue weighted by Crippen LogP contribution is -2.36. The first-order valence-corrected chi connectivity index (χ1v) is 16.4. The van der Waals surface area contributed by atoms with E-state index in [1.807, 2.05) is 0 Å². The van der Waals surface area contributed by atoms with Gasteiger partial charge in [-0.3, -0.25) is 37.4 Å². The van der Waals surface area contributed by atoms with Gasteiger partial charge in [-0.2, -0.15) is 4.98 Å². The highest BCUT2D eigenvalue weighted by Gasteiger charge is 2.54. The summed E-state index contributed by atoms with van der Waals surface area (Å²) in [6, 6.07) is 0. The molecule has 4 aromatic heterocycles. The number of rotatable bonds is 2. The smallest absolute Gasteiger partial charge is 0.387 e. The van der Waals surface area contributed by atoms with Gasteiger partial charge in [0.25, 0.3) is 5.56 Å². The summed E-state index contributed by atoms with van der Waals surface area (Å²) in [6.07, 6.45) is -7.60. The summed E-state index contributed by atoms with van der Waals surface area (Å²) in [4.78, 5) is 56.0. The fourth-order valence-electron chi connectivity index (χ4n) is 5.51. The van der Waals surface area contributed by atoms with Crippen molar-refractivity contribution in [2.45, 2.75) is 49.0 Å². The maximum Gasteiger partial charge on any atom is 0.472 e. The second-order valence-electron chi connectivity index (χ2n) is 10.5. The van der Waals surface area contributed by atoms with E-state index in [2.05, 4.69) is 29.9 Å². The Morgan fingerprint density at radius 3 is 2.39 bits per heavy atom. The molecular formula is C22H25N9O13P2. The van der Waals surface area contributed by atoms with Crippen LogP contribution >= 0.6 is 15.6 Å². The van der Waals surface area contributed by atoms with Crippen molar-refractivity contribution in [2.75, 3.05) is 24.7 Å². The molecular weight excluding hydrogens is 660 g/mol. The molecule has 0 saturated carbocycles. The molecule has 7 rings (SSSR count). The number of aromatic nitrogens is 7. The SMILES string of the molecule is Nc1nc2c(ncn2C2OC3COP(=O)(O)OC4C(COP(=O)(O)OC2C3O)OC(c2cncc3c(N)ncnc23)C4O)c(=O)[nH]1. The Morgan fingerprint density at radius 1 is 0.913 bits per heavy atom. The van der Waals surface area contributed by atoms with Crippen LogP contribution in [0.5, 0.6) is 0 Å². The van der Waals surface area contributed by atoms with Gasteiger partial charge in [0.1, 0.15) is 54.9 Å². The molecule has 10 unspecified atom stereocenters. The van der Waals surface area contributed by atoms with Crippen molar-refractivity contribution < 1.29 is 56.7 Å². The van der Waals surface area contributed by atoms with Crippen molar-refractivity contribution >= 4 is 49.5 Å². The lowest BCUT2D eigenvalue weighted by atomic mass is 10.0. The quantitative estimate of drug-likeness (QED) is 0.117. The number of ether oxygens (including phenoxy) is 2. The van der Waals surface area contributed by atoms with Gasteiger partial charge in [-0.1, -0.05) is 0 Å². The number of nitrogens with two attached hydrogens (primary N) is 2. The molecule has 24 heteroatoms. The van der Waals surface area contributed by atoms with E-state index in [1.165, 1.54) is 18.7 Å². The topological polar surface area (TPSA) is 325 Å². The van der Waals surface area contributed by atoms with Crippen LogP contribution in [0.2, 0.25) is 0 Å². The van der Waals surface area contributed by atoms with Crippen LogP contribution < -0.4 is 17.0 Å². The van der Waals surface area contributed by atoms with Crippen LogP contribution in [0, 0.1) is 0 Å². The molecule has 9 N–H and O–H groups in total. The summed E-state index contributed by atoms with van der Waals surface area (Å²) >= 11 is 0. The summed E-state index contributed by atoms with van der Waals surface area (Å²) in [5, 5.41) is 22.6. The molecule has 3 saturated heterocycles.